The Balaban J connectivity index is 2.02. The molecule has 1 aliphatic heterocycles. The Kier molecular flexibility index (Phi) is 3.14. The van der Waals surface area contributed by atoms with Crippen LogP contribution in [0.1, 0.15) is 11.6 Å². The van der Waals surface area contributed by atoms with Crippen LogP contribution >= 0.6 is 11.6 Å². The Morgan fingerprint density at radius 2 is 1.65 bits per heavy atom. The van der Waals surface area contributed by atoms with Crippen LogP contribution in [0.4, 0.5) is 5.69 Å². The second-order valence-corrected chi connectivity index (χ2v) is 5.26. The van der Waals surface area contributed by atoms with E-state index in [9.17, 15) is 4.79 Å². The van der Waals surface area contributed by atoms with Gasteiger partial charge in [-0.1, -0.05) is 60.1 Å². The third kappa shape index (κ3) is 1.86. The number of ether oxygens (including phenoxy) is 1. The van der Waals surface area contributed by atoms with Gasteiger partial charge in [-0.3, -0.25) is 0 Å². The Labute approximate surface area is 122 Å². The van der Waals surface area contributed by atoms with Crippen LogP contribution in [0.3, 0.4) is 0 Å². The molecule has 1 saturated heterocycles. The number of para-hydroxylation sites is 1. The number of esters is 1. The Bertz CT molecular complexity index is 569. The van der Waals surface area contributed by atoms with Gasteiger partial charge in [-0.05, 0) is 17.7 Å². The van der Waals surface area contributed by atoms with Gasteiger partial charge in [0, 0.05) is 5.69 Å². The molecule has 1 aliphatic rings. The van der Waals surface area contributed by atoms with Gasteiger partial charge in [0.15, 0.2) is 0 Å². The average molecular weight is 288 g/mol. The number of hydrogen-bond donors (Lipinski definition) is 0. The molecule has 1 fully saturated rings. The third-order valence-electron chi connectivity index (χ3n) is 3.52. The molecule has 0 aromatic heterocycles. The molecular formula is C16H14ClNO2. The maximum Gasteiger partial charge on any atom is 0.350 e. The molecule has 3 rings (SSSR count). The molecular weight excluding hydrogens is 274 g/mol. The summed E-state index contributed by atoms with van der Waals surface area (Å²) in [6, 6.07) is 19.2. The number of hydrogen-bond acceptors (Lipinski definition) is 3. The van der Waals surface area contributed by atoms with Crippen molar-refractivity contribution in [2.24, 2.45) is 0 Å². The summed E-state index contributed by atoms with van der Waals surface area (Å²) in [5, 5.41) is 0. The lowest BCUT2D eigenvalue weighted by molar-refractivity contribution is -0.141. The smallest absolute Gasteiger partial charge is 0.350 e. The molecule has 0 amide bonds. The van der Waals surface area contributed by atoms with Gasteiger partial charge >= 0.3 is 5.97 Å². The molecule has 20 heavy (non-hydrogen) atoms. The number of benzene rings is 2. The molecule has 1 heterocycles. The van der Waals surface area contributed by atoms with Crippen molar-refractivity contribution in [1.82, 2.24) is 0 Å². The number of methoxy groups -OCH3 is 1. The van der Waals surface area contributed by atoms with Crippen molar-refractivity contribution in [2.45, 2.75) is 11.0 Å². The van der Waals surface area contributed by atoms with E-state index in [1.807, 2.05) is 65.6 Å². The van der Waals surface area contributed by atoms with E-state index in [0.717, 1.165) is 11.3 Å². The van der Waals surface area contributed by atoms with Gasteiger partial charge in [0.05, 0.1) is 7.11 Å². The Morgan fingerprint density at radius 3 is 2.20 bits per heavy atom. The predicted molar refractivity (Wildman–Crippen MR) is 78.7 cm³/mol. The molecule has 2 aromatic carbocycles. The summed E-state index contributed by atoms with van der Waals surface area (Å²) < 4.78 is 4.87. The lowest BCUT2D eigenvalue weighted by Crippen LogP contribution is -2.24. The summed E-state index contributed by atoms with van der Waals surface area (Å²) in [5.41, 5.74) is 1.90. The fourth-order valence-electron chi connectivity index (χ4n) is 2.55. The molecule has 4 heteroatoms. The highest BCUT2D eigenvalue weighted by Gasteiger charge is 2.69. The molecule has 102 valence electrons. The second kappa shape index (κ2) is 4.84. The molecule has 2 atom stereocenters. The van der Waals surface area contributed by atoms with E-state index in [1.54, 1.807) is 0 Å². The highest BCUT2D eigenvalue weighted by Crippen LogP contribution is 2.59. The fourth-order valence-corrected chi connectivity index (χ4v) is 3.00. The monoisotopic (exact) mass is 287 g/mol. The summed E-state index contributed by atoms with van der Waals surface area (Å²) in [6.45, 7) is 0. The zero-order valence-electron chi connectivity index (χ0n) is 11.0. The molecule has 0 aliphatic carbocycles. The number of rotatable bonds is 3. The summed E-state index contributed by atoms with van der Waals surface area (Å²) in [7, 11) is 1.36. The number of halogens is 1. The van der Waals surface area contributed by atoms with Crippen LogP contribution in [-0.4, -0.2) is 18.1 Å². The van der Waals surface area contributed by atoms with Crippen molar-refractivity contribution in [1.29, 1.82) is 0 Å². The van der Waals surface area contributed by atoms with E-state index in [1.165, 1.54) is 7.11 Å². The zero-order chi connectivity index (χ0) is 14.2. The third-order valence-corrected chi connectivity index (χ3v) is 4.07. The summed E-state index contributed by atoms with van der Waals surface area (Å²) >= 11 is 6.55. The van der Waals surface area contributed by atoms with Crippen molar-refractivity contribution in [3.63, 3.8) is 0 Å². The topological polar surface area (TPSA) is 29.3 Å². The maximum absolute atomic E-state index is 12.1. The second-order valence-electron chi connectivity index (χ2n) is 4.68. The Hall–Kier alpha value is -2.00. The minimum Gasteiger partial charge on any atom is -0.466 e. The molecule has 0 N–H and O–H groups in total. The highest BCUT2D eigenvalue weighted by molar-refractivity contribution is 6.40. The van der Waals surface area contributed by atoms with Crippen molar-refractivity contribution >= 4 is 23.3 Å². The molecule has 3 nitrogen and oxygen atoms in total. The normalized spacial score (nSPS) is 24.3. The quantitative estimate of drug-likeness (QED) is 0.375. The summed E-state index contributed by atoms with van der Waals surface area (Å²) in [4.78, 5) is 12.8. The molecule has 2 aromatic rings. The maximum atomic E-state index is 12.1. The predicted octanol–water partition coefficient (Wildman–Crippen LogP) is 3.36. The lowest BCUT2D eigenvalue weighted by Gasteiger charge is -2.08. The van der Waals surface area contributed by atoms with Gasteiger partial charge in [0.1, 0.15) is 6.04 Å². The van der Waals surface area contributed by atoms with E-state index in [-0.39, 0.29) is 6.04 Å². The van der Waals surface area contributed by atoms with E-state index < -0.39 is 11.0 Å². The van der Waals surface area contributed by atoms with Crippen LogP contribution in [0.5, 0.6) is 0 Å². The SMILES string of the molecule is COC(=O)[C@]1(Cl)[C@@H](c2ccccc2)N1c1ccccc1. The van der Waals surface area contributed by atoms with Gasteiger partial charge < -0.3 is 9.64 Å². The van der Waals surface area contributed by atoms with E-state index in [0.29, 0.717) is 0 Å². The van der Waals surface area contributed by atoms with Crippen LogP contribution < -0.4 is 4.90 Å². The summed E-state index contributed by atoms with van der Waals surface area (Å²) in [6.07, 6.45) is 0. The fraction of sp³-hybridized carbons (Fsp3) is 0.188. The zero-order valence-corrected chi connectivity index (χ0v) is 11.7. The van der Waals surface area contributed by atoms with Crippen LogP contribution in [0, 0.1) is 0 Å². The standard InChI is InChI=1S/C16H14ClNO2/c1-20-15(19)16(17)14(12-8-4-2-5-9-12)18(16)13-10-6-3-7-11-13/h2-11,14H,1H3/t14-,16+,18?/m1/s1. The van der Waals surface area contributed by atoms with Crippen molar-refractivity contribution in [2.75, 3.05) is 12.0 Å². The Morgan fingerprint density at radius 1 is 1.10 bits per heavy atom. The first-order valence-corrected chi connectivity index (χ1v) is 6.74. The van der Waals surface area contributed by atoms with E-state index in [2.05, 4.69) is 0 Å². The average Bonchev–Trinajstić information content (AvgIpc) is 3.15. The molecule has 0 bridgehead atoms. The molecule has 0 radical (unpaired) electrons. The van der Waals surface area contributed by atoms with Crippen molar-refractivity contribution in [3.8, 4) is 0 Å². The van der Waals surface area contributed by atoms with Crippen LogP contribution in [-0.2, 0) is 9.53 Å². The first kappa shape index (κ1) is 13.0. The van der Waals surface area contributed by atoms with E-state index >= 15 is 0 Å². The van der Waals surface area contributed by atoms with Crippen LogP contribution in [0.25, 0.3) is 0 Å². The number of carbonyl (C=O) groups excluding carboxylic acids is 1. The number of carbonyl (C=O) groups is 1. The minimum atomic E-state index is -1.16. The highest BCUT2D eigenvalue weighted by atomic mass is 35.5. The van der Waals surface area contributed by atoms with Crippen LogP contribution in [0.2, 0.25) is 0 Å². The largest absolute Gasteiger partial charge is 0.466 e. The van der Waals surface area contributed by atoms with Crippen molar-refractivity contribution in [3.05, 3.63) is 66.2 Å². The van der Waals surface area contributed by atoms with Crippen LogP contribution in [0.15, 0.2) is 60.7 Å². The first-order chi connectivity index (χ1) is 9.69. The molecule has 0 spiro atoms. The summed E-state index contributed by atoms with van der Waals surface area (Å²) in [5.74, 6) is -0.433. The van der Waals surface area contributed by atoms with Gasteiger partial charge in [0.2, 0.25) is 5.00 Å². The lowest BCUT2D eigenvalue weighted by atomic mass is 10.1. The van der Waals surface area contributed by atoms with Gasteiger partial charge in [-0.15, -0.1) is 0 Å². The molecule has 0 unspecified atom stereocenters. The number of alkyl halides is 1. The van der Waals surface area contributed by atoms with Gasteiger partial charge in [-0.25, -0.2) is 4.79 Å². The van der Waals surface area contributed by atoms with Gasteiger partial charge in [-0.2, -0.15) is 0 Å². The molecule has 0 saturated carbocycles. The first-order valence-electron chi connectivity index (χ1n) is 6.36. The van der Waals surface area contributed by atoms with Crippen molar-refractivity contribution < 1.29 is 9.53 Å². The number of anilines is 1. The number of nitrogens with zero attached hydrogens (tertiary/aromatic N) is 1. The van der Waals surface area contributed by atoms with E-state index in [4.69, 9.17) is 16.3 Å². The minimum absolute atomic E-state index is 0.208. The van der Waals surface area contributed by atoms with Gasteiger partial charge in [0.25, 0.3) is 0 Å².